The summed E-state index contributed by atoms with van der Waals surface area (Å²) in [6, 6.07) is 0. The lowest BCUT2D eigenvalue weighted by atomic mass is 9.87. The second kappa shape index (κ2) is 10.3. The maximum atomic E-state index is 13.3. The van der Waals surface area contributed by atoms with E-state index in [0.717, 1.165) is 25.5 Å². The number of nitrogens with zero attached hydrogens (tertiary/aromatic N) is 2. The minimum atomic E-state index is -3.63. The van der Waals surface area contributed by atoms with Crippen LogP contribution < -0.4 is 5.73 Å². The van der Waals surface area contributed by atoms with Crippen molar-refractivity contribution >= 4 is 28.0 Å². The van der Waals surface area contributed by atoms with E-state index in [2.05, 4.69) is 0 Å². The molecule has 32 heavy (non-hydrogen) atoms. The summed E-state index contributed by atoms with van der Waals surface area (Å²) >= 11 is 0. The van der Waals surface area contributed by atoms with Crippen molar-refractivity contribution < 1.29 is 31.7 Å². The van der Waals surface area contributed by atoms with Gasteiger partial charge in [0.15, 0.2) is 5.54 Å². The zero-order valence-electron chi connectivity index (χ0n) is 19.4. The Hall–Kier alpha value is -1.92. The Morgan fingerprint density at radius 1 is 1.25 bits per heavy atom. The van der Waals surface area contributed by atoms with Crippen LogP contribution in [-0.2, 0) is 28.6 Å². The predicted molar refractivity (Wildman–Crippen MR) is 118 cm³/mol. The smallest absolute Gasteiger partial charge is 0.410 e. The Labute approximate surface area is 190 Å². The van der Waals surface area contributed by atoms with Crippen molar-refractivity contribution in [1.82, 2.24) is 9.80 Å². The van der Waals surface area contributed by atoms with Crippen LogP contribution in [0.15, 0.2) is 0 Å². The van der Waals surface area contributed by atoms with Gasteiger partial charge < -0.3 is 20.1 Å². The van der Waals surface area contributed by atoms with Crippen LogP contribution in [0.25, 0.3) is 0 Å². The Bertz CT molecular complexity index is 805. The fourth-order valence-corrected chi connectivity index (χ4v) is 4.41. The van der Waals surface area contributed by atoms with Gasteiger partial charge in [-0.25, -0.2) is 9.59 Å². The average molecular weight is 477 g/mol. The van der Waals surface area contributed by atoms with Crippen LogP contribution >= 0.6 is 0 Å². The molecular formula is C20H36N4O7S. The molecule has 0 saturated carbocycles. The molecule has 0 bridgehead atoms. The minimum absolute atomic E-state index is 0.178. The molecule has 2 aliphatic heterocycles. The first-order chi connectivity index (χ1) is 14.7. The van der Waals surface area contributed by atoms with Gasteiger partial charge in [0.1, 0.15) is 24.1 Å². The van der Waals surface area contributed by atoms with Gasteiger partial charge in [0, 0.05) is 6.54 Å². The number of hydrogen-bond acceptors (Lipinski definition) is 9. The van der Waals surface area contributed by atoms with E-state index in [9.17, 15) is 18.0 Å². The fourth-order valence-electron chi connectivity index (χ4n) is 4.01. The number of cyclic esters (lactones) is 1. The molecule has 12 heteroatoms. The quantitative estimate of drug-likeness (QED) is 0.204. The molecule has 0 aromatic rings. The van der Waals surface area contributed by atoms with E-state index in [1.165, 1.54) is 4.90 Å². The van der Waals surface area contributed by atoms with Gasteiger partial charge in [0.25, 0.3) is 10.1 Å². The van der Waals surface area contributed by atoms with Gasteiger partial charge in [0.05, 0.1) is 12.8 Å². The average Bonchev–Trinajstić information content (AvgIpc) is 3.02. The van der Waals surface area contributed by atoms with E-state index in [1.54, 1.807) is 20.8 Å². The Morgan fingerprint density at radius 2 is 1.88 bits per heavy atom. The third-order valence-corrected chi connectivity index (χ3v) is 6.03. The van der Waals surface area contributed by atoms with E-state index in [-0.39, 0.29) is 32.0 Å². The number of nitrogens with one attached hydrogen (secondary N) is 1. The van der Waals surface area contributed by atoms with Gasteiger partial charge in [-0.15, -0.1) is 0 Å². The number of amidine groups is 1. The summed E-state index contributed by atoms with van der Waals surface area (Å²) in [6.45, 7) is 6.77. The number of carbonyl (C=O) groups excluding carboxylic acids is 2. The molecule has 11 nitrogen and oxygen atoms in total. The van der Waals surface area contributed by atoms with Crippen molar-refractivity contribution in [3.05, 3.63) is 0 Å². The minimum Gasteiger partial charge on any atom is -0.458 e. The number of piperidine rings is 1. The second-order valence-electron chi connectivity index (χ2n) is 9.37. The molecule has 0 radical (unpaired) electrons. The molecule has 0 aromatic carbocycles. The normalized spacial score (nSPS) is 22.3. The number of ether oxygens (including phenoxy) is 2. The fraction of sp³-hybridized carbons (Fsp3) is 0.850. The zero-order chi connectivity index (χ0) is 24.2. The number of likely N-dealkylation sites (tertiary alicyclic amines) is 1. The summed E-state index contributed by atoms with van der Waals surface area (Å²) in [5.74, 6) is -0.820. The molecule has 2 saturated heterocycles. The third-order valence-electron chi connectivity index (χ3n) is 5.46. The van der Waals surface area contributed by atoms with E-state index in [0.29, 0.717) is 19.5 Å². The van der Waals surface area contributed by atoms with Crippen LogP contribution in [0.1, 0.15) is 52.9 Å². The highest BCUT2D eigenvalue weighted by atomic mass is 32.2. The summed E-state index contributed by atoms with van der Waals surface area (Å²) < 4.78 is 37.8. The highest BCUT2D eigenvalue weighted by Crippen LogP contribution is 2.30. The van der Waals surface area contributed by atoms with Crippen LogP contribution in [0.4, 0.5) is 4.79 Å². The molecule has 2 atom stereocenters. The lowest BCUT2D eigenvalue weighted by molar-refractivity contribution is -0.166. The van der Waals surface area contributed by atoms with Crippen molar-refractivity contribution in [2.45, 2.75) is 70.1 Å². The first-order valence-electron chi connectivity index (χ1n) is 10.9. The lowest BCUT2D eigenvalue weighted by Crippen LogP contribution is -2.65. The lowest BCUT2D eigenvalue weighted by Gasteiger charge is -2.44. The number of esters is 1. The number of nitrogens with two attached hydrogens (primary N) is 1. The van der Waals surface area contributed by atoms with Crippen LogP contribution in [0, 0.1) is 5.41 Å². The monoisotopic (exact) mass is 476 g/mol. The van der Waals surface area contributed by atoms with Gasteiger partial charge in [-0.3, -0.25) is 14.5 Å². The van der Waals surface area contributed by atoms with Crippen molar-refractivity contribution in [2.24, 2.45) is 5.73 Å². The molecule has 1 amide bonds. The van der Waals surface area contributed by atoms with Gasteiger partial charge in [-0.2, -0.15) is 8.42 Å². The molecule has 2 rings (SSSR count). The van der Waals surface area contributed by atoms with Crippen LogP contribution in [-0.4, -0.2) is 92.4 Å². The zero-order valence-corrected chi connectivity index (χ0v) is 20.2. The molecule has 184 valence electrons. The topological polar surface area (TPSA) is 152 Å². The van der Waals surface area contributed by atoms with Crippen LogP contribution in [0.3, 0.4) is 0 Å². The molecule has 3 N–H and O–H groups in total. The Kier molecular flexibility index (Phi) is 8.51. The maximum Gasteiger partial charge on any atom is 0.410 e. The number of amides is 1. The van der Waals surface area contributed by atoms with Crippen LogP contribution in [0.5, 0.6) is 0 Å². The van der Waals surface area contributed by atoms with Crippen molar-refractivity contribution in [2.75, 3.05) is 39.0 Å². The third kappa shape index (κ3) is 7.04. The van der Waals surface area contributed by atoms with Crippen LogP contribution in [0.2, 0.25) is 0 Å². The number of hydrogen-bond donors (Lipinski definition) is 2. The first-order valence-corrected chi connectivity index (χ1v) is 12.7. The predicted octanol–water partition coefficient (Wildman–Crippen LogP) is 1.07. The van der Waals surface area contributed by atoms with E-state index in [4.69, 9.17) is 24.8 Å². The molecule has 0 spiro atoms. The Morgan fingerprint density at radius 3 is 2.41 bits per heavy atom. The largest absolute Gasteiger partial charge is 0.458 e. The second-order valence-corrected chi connectivity index (χ2v) is 11.0. The molecule has 2 heterocycles. The summed E-state index contributed by atoms with van der Waals surface area (Å²) in [7, 11) is -3.63. The molecule has 2 unspecified atom stereocenters. The summed E-state index contributed by atoms with van der Waals surface area (Å²) in [4.78, 5) is 28.8. The van der Waals surface area contributed by atoms with Crippen molar-refractivity contribution in [3.8, 4) is 0 Å². The van der Waals surface area contributed by atoms with Crippen molar-refractivity contribution in [1.29, 1.82) is 5.41 Å². The first kappa shape index (κ1) is 26.3. The van der Waals surface area contributed by atoms with Gasteiger partial charge in [0.2, 0.25) is 0 Å². The standard InChI is InChI=1S/C20H36N4O7S/c1-19(2,3)31-17(25)20(16(21)22,24-11-6-5-7-12-24)9-8-10-23-13-15(30-18(23)26)14-29-32(4,27)28/h15H,5-14H2,1-4H3,(H3,21,22). The van der Waals surface area contributed by atoms with Gasteiger partial charge in [-0.1, -0.05) is 6.42 Å². The molecule has 2 aliphatic rings. The van der Waals surface area contributed by atoms with Gasteiger partial charge in [-0.05, 0) is 59.5 Å². The summed E-state index contributed by atoms with van der Waals surface area (Å²) in [5.41, 5.74) is 3.88. The van der Waals surface area contributed by atoms with E-state index >= 15 is 0 Å². The highest BCUT2D eigenvalue weighted by Gasteiger charge is 2.50. The highest BCUT2D eigenvalue weighted by molar-refractivity contribution is 7.85. The Balaban J connectivity index is 2.08. The van der Waals surface area contributed by atoms with Gasteiger partial charge >= 0.3 is 12.1 Å². The number of carbonyl (C=O) groups is 2. The van der Waals surface area contributed by atoms with E-state index < -0.39 is 39.4 Å². The maximum absolute atomic E-state index is 13.3. The SMILES string of the molecule is CC(C)(C)OC(=O)C(CCCN1CC(COS(C)(=O)=O)OC1=O)(C(=N)N)N1CCCCC1. The van der Waals surface area contributed by atoms with E-state index in [1.807, 2.05) is 4.90 Å². The number of rotatable bonds is 10. The van der Waals surface area contributed by atoms with Crippen molar-refractivity contribution in [3.63, 3.8) is 0 Å². The summed E-state index contributed by atoms with van der Waals surface area (Å²) in [6.07, 6.45) is 3.11. The molecule has 0 aromatic heterocycles. The molecular weight excluding hydrogens is 440 g/mol. The molecule has 2 fully saturated rings. The summed E-state index contributed by atoms with van der Waals surface area (Å²) in [5, 5.41) is 8.30. The molecule has 0 aliphatic carbocycles.